The van der Waals surface area contributed by atoms with Gasteiger partial charge in [-0.25, -0.2) is 4.98 Å². The molecular weight excluding hydrogens is 436 g/mol. The summed E-state index contributed by atoms with van der Waals surface area (Å²) in [6, 6.07) is 29.9. The van der Waals surface area contributed by atoms with Gasteiger partial charge in [0, 0.05) is 37.9 Å². The van der Waals surface area contributed by atoms with E-state index in [1.165, 1.54) is 21.2 Å². The second-order valence-corrected chi connectivity index (χ2v) is 10.0. The normalized spacial score (nSPS) is 12.1. The molecule has 0 aliphatic heterocycles. The van der Waals surface area contributed by atoms with Crippen molar-refractivity contribution in [2.75, 3.05) is 0 Å². The number of furan rings is 1. The Morgan fingerprint density at radius 2 is 1.62 bits per heavy atom. The summed E-state index contributed by atoms with van der Waals surface area (Å²) in [5.74, 6) is 1.44. The molecule has 0 spiro atoms. The number of nitrogens with zero attached hydrogens (tertiary/aromatic N) is 2. The number of hydrogen-bond acceptors (Lipinski definition) is 3. The Morgan fingerprint density at radius 1 is 0.794 bits per heavy atom. The van der Waals surface area contributed by atoms with Crippen LogP contribution in [0, 0.1) is 0 Å². The van der Waals surface area contributed by atoms with Crippen molar-refractivity contribution >= 4 is 54.4 Å². The lowest BCUT2D eigenvalue weighted by Gasteiger charge is -2.10. The first-order valence-electron chi connectivity index (χ1n) is 11.6. The highest BCUT2D eigenvalue weighted by atomic mass is 32.1. The molecule has 4 heteroatoms. The second kappa shape index (κ2) is 7.31. The summed E-state index contributed by atoms with van der Waals surface area (Å²) in [7, 11) is 0. The third-order valence-electron chi connectivity index (χ3n) is 6.69. The van der Waals surface area contributed by atoms with Crippen LogP contribution in [0.2, 0.25) is 0 Å². The zero-order valence-corrected chi connectivity index (χ0v) is 19.8. The van der Waals surface area contributed by atoms with Gasteiger partial charge in [-0.15, -0.1) is 11.3 Å². The minimum atomic E-state index is 0.478. The second-order valence-electron chi connectivity index (χ2n) is 9.10. The lowest BCUT2D eigenvalue weighted by atomic mass is 10.0. The number of thiophene rings is 1. The Bertz CT molecular complexity index is 1850. The molecule has 0 atom stereocenters. The molecule has 3 heterocycles. The summed E-state index contributed by atoms with van der Waals surface area (Å²) in [6.07, 6.45) is 0. The van der Waals surface area contributed by atoms with Gasteiger partial charge in [-0.3, -0.25) is 4.57 Å². The zero-order valence-electron chi connectivity index (χ0n) is 18.9. The molecule has 3 aromatic heterocycles. The molecule has 0 N–H and O–H groups in total. The maximum absolute atomic E-state index is 6.21. The van der Waals surface area contributed by atoms with E-state index in [1.807, 2.05) is 12.1 Å². The molecule has 0 aliphatic carbocycles. The number of rotatable bonds is 3. The van der Waals surface area contributed by atoms with Gasteiger partial charge in [0.1, 0.15) is 17.0 Å². The van der Waals surface area contributed by atoms with E-state index in [1.54, 1.807) is 11.3 Å². The molecule has 0 unspecified atom stereocenters. The first-order chi connectivity index (χ1) is 16.7. The average Bonchev–Trinajstić information content (AvgIpc) is 3.55. The molecule has 7 aromatic rings. The van der Waals surface area contributed by atoms with Gasteiger partial charge in [0.2, 0.25) is 0 Å². The molecule has 0 aliphatic rings. The van der Waals surface area contributed by atoms with Gasteiger partial charge in [-0.1, -0.05) is 50.2 Å². The number of para-hydroxylation sites is 3. The summed E-state index contributed by atoms with van der Waals surface area (Å²) in [6.45, 7) is 4.48. The standard InChI is InChI=1S/C30H22N2OS/c1-18(2)19-11-14-29-23(15-19)24(17-34-29)30-31-25-8-4-5-9-26(25)32(30)20-12-13-22-21-7-3-6-10-27(21)33-28(22)16-20/h3-18H,1-2H3. The minimum Gasteiger partial charge on any atom is -0.456 e. The lowest BCUT2D eigenvalue weighted by Crippen LogP contribution is -1.97. The topological polar surface area (TPSA) is 31.0 Å². The smallest absolute Gasteiger partial charge is 0.147 e. The van der Waals surface area contributed by atoms with E-state index < -0.39 is 0 Å². The fourth-order valence-electron chi connectivity index (χ4n) is 4.90. The molecule has 0 bridgehead atoms. The molecule has 0 fully saturated rings. The van der Waals surface area contributed by atoms with Crippen LogP contribution in [0.25, 0.3) is 60.1 Å². The van der Waals surface area contributed by atoms with Crippen molar-refractivity contribution in [3.63, 3.8) is 0 Å². The predicted octanol–water partition coefficient (Wildman–Crippen LogP) is 8.93. The minimum absolute atomic E-state index is 0.478. The number of imidazole rings is 1. The summed E-state index contributed by atoms with van der Waals surface area (Å²) in [4.78, 5) is 5.12. The molecule has 34 heavy (non-hydrogen) atoms. The lowest BCUT2D eigenvalue weighted by molar-refractivity contribution is 0.668. The van der Waals surface area contributed by atoms with Gasteiger partial charge in [0.05, 0.1) is 16.7 Å². The van der Waals surface area contributed by atoms with Crippen LogP contribution < -0.4 is 0 Å². The van der Waals surface area contributed by atoms with Crippen LogP contribution in [0.4, 0.5) is 0 Å². The Hall–Kier alpha value is -3.89. The van der Waals surface area contributed by atoms with Gasteiger partial charge < -0.3 is 4.42 Å². The highest BCUT2D eigenvalue weighted by Gasteiger charge is 2.19. The summed E-state index contributed by atoms with van der Waals surface area (Å²) >= 11 is 1.78. The summed E-state index contributed by atoms with van der Waals surface area (Å²) in [5.41, 5.74) is 7.44. The average molecular weight is 459 g/mol. The van der Waals surface area contributed by atoms with Crippen LogP contribution in [0.1, 0.15) is 25.3 Å². The van der Waals surface area contributed by atoms with Crippen molar-refractivity contribution in [3.8, 4) is 17.1 Å². The maximum atomic E-state index is 6.21. The van der Waals surface area contributed by atoms with Crippen molar-refractivity contribution in [2.45, 2.75) is 19.8 Å². The largest absolute Gasteiger partial charge is 0.456 e. The number of aromatic nitrogens is 2. The van der Waals surface area contributed by atoms with Crippen molar-refractivity contribution < 1.29 is 4.42 Å². The van der Waals surface area contributed by atoms with Gasteiger partial charge >= 0.3 is 0 Å². The number of hydrogen-bond donors (Lipinski definition) is 0. The molecule has 164 valence electrons. The molecule has 7 rings (SSSR count). The fourth-order valence-corrected chi connectivity index (χ4v) is 5.82. The van der Waals surface area contributed by atoms with Crippen molar-refractivity contribution in [1.29, 1.82) is 0 Å². The summed E-state index contributed by atoms with van der Waals surface area (Å²) in [5, 5.41) is 5.78. The monoisotopic (exact) mass is 458 g/mol. The van der Waals surface area contributed by atoms with Crippen LogP contribution in [0.5, 0.6) is 0 Å². The Labute approximate surface area is 200 Å². The molecule has 0 saturated carbocycles. The van der Waals surface area contributed by atoms with Gasteiger partial charge in [0.15, 0.2) is 0 Å². The van der Waals surface area contributed by atoms with Crippen LogP contribution in [0.15, 0.2) is 94.7 Å². The summed E-state index contributed by atoms with van der Waals surface area (Å²) < 4.78 is 9.77. The first kappa shape index (κ1) is 19.6. The predicted molar refractivity (Wildman–Crippen MR) is 143 cm³/mol. The Kier molecular flexibility index (Phi) is 4.20. The zero-order chi connectivity index (χ0) is 22.8. The van der Waals surface area contributed by atoms with Crippen LogP contribution >= 0.6 is 11.3 Å². The molecule has 0 saturated heterocycles. The molecule has 0 radical (unpaired) electrons. The van der Waals surface area contributed by atoms with Crippen LogP contribution in [0.3, 0.4) is 0 Å². The van der Waals surface area contributed by atoms with E-state index >= 15 is 0 Å². The van der Waals surface area contributed by atoms with E-state index in [9.17, 15) is 0 Å². The van der Waals surface area contributed by atoms with Crippen LogP contribution in [-0.4, -0.2) is 9.55 Å². The molecule has 4 aromatic carbocycles. The van der Waals surface area contributed by atoms with E-state index in [-0.39, 0.29) is 0 Å². The van der Waals surface area contributed by atoms with Crippen molar-refractivity contribution in [3.05, 3.63) is 95.9 Å². The fraction of sp³-hybridized carbons (Fsp3) is 0.100. The first-order valence-corrected chi connectivity index (χ1v) is 12.5. The van der Waals surface area contributed by atoms with Gasteiger partial charge in [-0.2, -0.15) is 0 Å². The third-order valence-corrected chi connectivity index (χ3v) is 7.65. The van der Waals surface area contributed by atoms with Gasteiger partial charge in [0.25, 0.3) is 0 Å². The van der Waals surface area contributed by atoms with Gasteiger partial charge in [-0.05, 0) is 53.9 Å². The van der Waals surface area contributed by atoms with Crippen molar-refractivity contribution in [1.82, 2.24) is 9.55 Å². The molecule has 3 nitrogen and oxygen atoms in total. The quantitative estimate of drug-likeness (QED) is 0.265. The highest BCUT2D eigenvalue weighted by Crippen LogP contribution is 2.39. The Balaban J connectivity index is 1.52. The SMILES string of the molecule is CC(C)c1ccc2scc(-c3nc4ccccc4n3-c3ccc4c(c3)oc3ccccc34)c2c1. The van der Waals surface area contributed by atoms with E-state index in [0.29, 0.717) is 5.92 Å². The third kappa shape index (κ3) is 2.85. The van der Waals surface area contributed by atoms with E-state index in [2.05, 4.69) is 96.6 Å². The highest BCUT2D eigenvalue weighted by molar-refractivity contribution is 7.17. The Morgan fingerprint density at radius 3 is 2.53 bits per heavy atom. The number of fused-ring (bicyclic) bond motifs is 5. The number of benzene rings is 4. The van der Waals surface area contributed by atoms with Crippen molar-refractivity contribution in [2.24, 2.45) is 0 Å². The van der Waals surface area contributed by atoms with Crippen LogP contribution in [-0.2, 0) is 0 Å². The molecular formula is C30H22N2OS. The van der Waals surface area contributed by atoms with E-state index in [0.717, 1.165) is 44.5 Å². The maximum Gasteiger partial charge on any atom is 0.147 e. The van der Waals surface area contributed by atoms with E-state index in [4.69, 9.17) is 9.40 Å². The molecule has 0 amide bonds.